The Labute approximate surface area is 96.7 Å². The SMILES string of the molecule is CCC(CO)NC(C)c1cccc(C#N)c1. The molecule has 16 heavy (non-hydrogen) atoms. The van der Waals surface area contributed by atoms with E-state index in [1.807, 2.05) is 32.0 Å². The number of aliphatic hydroxyl groups excluding tert-OH is 1. The number of nitrogens with one attached hydrogen (secondary N) is 1. The Kier molecular flexibility index (Phi) is 4.97. The van der Waals surface area contributed by atoms with E-state index in [0.29, 0.717) is 5.56 Å². The van der Waals surface area contributed by atoms with Crippen molar-refractivity contribution in [1.82, 2.24) is 5.32 Å². The van der Waals surface area contributed by atoms with Crippen LogP contribution in [0.2, 0.25) is 0 Å². The quantitative estimate of drug-likeness (QED) is 0.794. The van der Waals surface area contributed by atoms with Gasteiger partial charge in [0.25, 0.3) is 0 Å². The first-order valence-electron chi connectivity index (χ1n) is 5.58. The lowest BCUT2D eigenvalue weighted by atomic mass is 10.0. The van der Waals surface area contributed by atoms with Crippen molar-refractivity contribution in [3.63, 3.8) is 0 Å². The molecule has 2 unspecified atom stereocenters. The molecule has 0 saturated heterocycles. The van der Waals surface area contributed by atoms with Crippen LogP contribution in [0.1, 0.15) is 37.4 Å². The number of hydrogen-bond acceptors (Lipinski definition) is 3. The molecule has 0 aliphatic rings. The Hall–Kier alpha value is -1.37. The molecule has 0 amide bonds. The van der Waals surface area contributed by atoms with Gasteiger partial charge in [-0.2, -0.15) is 5.26 Å². The summed E-state index contributed by atoms with van der Waals surface area (Å²) in [6, 6.07) is 9.92. The van der Waals surface area contributed by atoms with Gasteiger partial charge >= 0.3 is 0 Å². The number of nitrogens with zero attached hydrogens (tertiary/aromatic N) is 1. The van der Waals surface area contributed by atoms with Crippen LogP contribution in [0.3, 0.4) is 0 Å². The van der Waals surface area contributed by atoms with Crippen molar-refractivity contribution in [2.75, 3.05) is 6.61 Å². The summed E-state index contributed by atoms with van der Waals surface area (Å²) in [5.41, 5.74) is 1.74. The van der Waals surface area contributed by atoms with Gasteiger partial charge in [0.15, 0.2) is 0 Å². The second-order valence-corrected chi connectivity index (χ2v) is 3.91. The standard InChI is InChI=1S/C13H18N2O/c1-3-13(9-16)15-10(2)12-6-4-5-11(7-12)8-14/h4-7,10,13,15-16H,3,9H2,1-2H3. The highest BCUT2D eigenvalue weighted by atomic mass is 16.3. The monoisotopic (exact) mass is 218 g/mol. The molecule has 0 aliphatic carbocycles. The van der Waals surface area contributed by atoms with Crippen molar-refractivity contribution >= 4 is 0 Å². The highest BCUT2D eigenvalue weighted by Gasteiger charge is 2.10. The average Bonchev–Trinajstić information content (AvgIpc) is 2.35. The van der Waals surface area contributed by atoms with Gasteiger partial charge in [0.1, 0.15) is 0 Å². The molecule has 2 atom stereocenters. The number of aliphatic hydroxyl groups is 1. The minimum atomic E-state index is 0.112. The molecule has 0 heterocycles. The molecule has 0 aliphatic heterocycles. The fourth-order valence-electron chi connectivity index (χ4n) is 1.63. The third-order valence-corrected chi connectivity index (χ3v) is 2.71. The Balaban J connectivity index is 2.72. The van der Waals surface area contributed by atoms with Crippen LogP contribution in [0.4, 0.5) is 0 Å². The predicted octanol–water partition coefficient (Wildman–Crippen LogP) is 1.98. The Morgan fingerprint density at radius 1 is 1.50 bits per heavy atom. The summed E-state index contributed by atoms with van der Waals surface area (Å²) in [5.74, 6) is 0. The zero-order valence-electron chi connectivity index (χ0n) is 9.77. The second kappa shape index (κ2) is 6.26. The van der Waals surface area contributed by atoms with E-state index in [2.05, 4.69) is 11.4 Å². The van der Waals surface area contributed by atoms with E-state index in [0.717, 1.165) is 12.0 Å². The van der Waals surface area contributed by atoms with Crippen molar-refractivity contribution in [3.8, 4) is 6.07 Å². The molecule has 0 saturated carbocycles. The van der Waals surface area contributed by atoms with E-state index >= 15 is 0 Å². The summed E-state index contributed by atoms with van der Waals surface area (Å²) in [6.07, 6.45) is 0.888. The highest BCUT2D eigenvalue weighted by Crippen LogP contribution is 2.14. The summed E-state index contributed by atoms with van der Waals surface area (Å²) in [5, 5.41) is 21.2. The Morgan fingerprint density at radius 2 is 2.25 bits per heavy atom. The molecule has 2 N–H and O–H groups in total. The van der Waals surface area contributed by atoms with Crippen molar-refractivity contribution in [2.45, 2.75) is 32.4 Å². The third-order valence-electron chi connectivity index (χ3n) is 2.71. The van der Waals surface area contributed by atoms with Gasteiger partial charge in [-0.3, -0.25) is 0 Å². The lowest BCUT2D eigenvalue weighted by Gasteiger charge is -2.20. The van der Waals surface area contributed by atoms with Gasteiger partial charge in [0.05, 0.1) is 18.2 Å². The number of nitriles is 1. The molecule has 0 aromatic heterocycles. The normalized spacial score (nSPS) is 14.1. The molecule has 3 nitrogen and oxygen atoms in total. The highest BCUT2D eigenvalue weighted by molar-refractivity contribution is 5.34. The van der Waals surface area contributed by atoms with Crippen molar-refractivity contribution in [3.05, 3.63) is 35.4 Å². The average molecular weight is 218 g/mol. The van der Waals surface area contributed by atoms with Gasteiger partial charge in [0.2, 0.25) is 0 Å². The van der Waals surface area contributed by atoms with Crippen LogP contribution in [0, 0.1) is 11.3 Å². The van der Waals surface area contributed by atoms with E-state index in [-0.39, 0.29) is 18.7 Å². The summed E-state index contributed by atoms with van der Waals surface area (Å²) < 4.78 is 0. The van der Waals surface area contributed by atoms with Gasteiger partial charge in [-0.15, -0.1) is 0 Å². The molecule has 0 spiro atoms. The van der Waals surface area contributed by atoms with Crippen LogP contribution in [0.15, 0.2) is 24.3 Å². The maximum absolute atomic E-state index is 9.11. The third kappa shape index (κ3) is 3.34. The van der Waals surface area contributed by atoms with Crippen LogP contribution in [0.5, 0.6) is 0 Å². The minimum absolute atomic E-state index is 0.112. The fourth-order valence-corrected chi connectivity index (χ4v) is 1.63. The zero-order valence-corrected chi connectivity index (χ0v) is 9.77. The van der Waals surface area contributed by atoms with Crippen LogP contribution >= 0.6 is 0 Å². The lowest BCUT2D eigenvalue weighted by Crippen LogP contribution is -2.33. The van der Waals surface area contributed by atoms with Gasteiger partial charge in [-0.05, 0) is 31.0 Å². The molecule has 1 aromatic carbocycles. The maximum atomic E-state index is 9.11. The van der Waals surface area contributed by atoms with Crippen LogP contribution in [-0.2, 0) is 0 Å². The topological polar surface area (TPSA) is 56.0 Å². The Morgan fingerprint density at radius 3 is 2.81 bits per heavy atom. The predicted molar refractivity (Wildman–Crippen MR) is 63.9 cm³/mol. The van der Waals surface area contributed by atoms with E-state index < -0.39 is 0 Å². The van der Waals surface area contributed by atoms with Crippen LogP contribution in [-0.4, -0.2) is 17.8 Å². The van der Waals surface area contributed by atoms with Crippen molar-refractivity contribution in [1.29, 1.82) is 5.26 Å². The molecule has 0 radical (unpaired) electrons. The molecular formula is C13H18N2O. The molecular weight excluding hydrogens is 200 g/mol. The van der Waals surface area contributed by atoms with Gasteiger partial charge in [-0.1, -0.05) is 19.1 Å². The zero-order chi connectivity index (χ0) is 12.0. The summed E-state index contributed by atoms with van der Waals surface area (Å²) in [4.78, 5) is 0. The van der Waals surface area contributed by atoms with E-state index in [9.17, 15) is 0 Å². The minimum Gasteiger partial charge on any atom is -0.395 e. The van der Waals surface area contributed by atoms with E-state index in [1.54, 1.807) is 6.07 Å². The lowest BCUT2D eigenvalue weighted by molar-refractivity contribution is 0.230. The summed E-state index contributed by atoms with van der Waals surface area (Å²) >= 11 is 0. The van der Waals surface area contributed by atoms with Crippen LogP contribution in [0.25, 0.3) is 0 Å². The van der Waals surface area contributed by atoms with Crippen molar-refractivity contribution < 1.29 is 5.11 Å². The molecule has 3 heteroatoms. The number of hydrogen-bond donors (Lipinski definition) is 2. The smallest absolute Gasteiger partial charge is 0.0991 e. The summed E-state index contributed by atoms with van der Waals surface area (Å²) in [7, 11) is 0. The first kappa shape index (κ1) is 12.7. The van der Waals surface area contributed by atoms with Crippen molar-refractivity contribution in [2.24, 2.45) is 0 Å². The number of rotatable bonds is 5. The molecule has 0 bridgehead atoms. The van der Waals surface area contributed by atoms with Gasteiger partial charge < -0.3 is 10.4 Å². The molecule has 0 fully saturated rings. The summed E-state index contributed by atoms with van der Waals surface area (Å²) in [6.45, 7) is 4.21. The molecule has 1 rings (SSSR count). The van der Waals surface area contributed by atoms with Crippen LogP contribution < -0.4 is 5.32 Å². The first-order valence-corrected chi connectivity index (χ1v) is 5.58. The largest absolute Gasteiger partial charge is 0.395 e. The van der Waals surface area contributed by atoms with Gasteiger partial charge in [0, 0.05) is 12.1 Å². The fraction of sp³-hybridized carbons (Fsp3) is 0.462. The number of benzene rings is 1. The van der Waals surface area contributed by atoms with E-state index in [1.165, 1.54) is 0 Å². The van der Waals surface area contributed by atoms with Gasteiger partial charge in [-0.25, -0.2) is 0 Å². The maximum Gasteiger partial charge on any atom is 0.0991 e. The first-order chi connectivity index (χ1) is 7.71. The van der Waals surface area contributed by atoms with E-state index in [4.69, 9.17) is 10.4 Å². The molecule has 1 aromatic rings. The second-order valence-electron chi connectivity index (χ2n) is 3.91. The Bertz CT molecular complexity index is 366. The molecule has 86 valence electrons.